The Hall–Kier alpha value is -1.96. The van der Waals surface area contributed by atoms with Crippen molar-refractivity contribution < 1.29 is 4.74 Å². The van der Waals surface area contributed by atoms with Gasteiger partial charge in [0.1, 0.15) is 12.4 Å². The molecule has 3 rings (SSSR count). The first-order chi connectivity index (χ1) is 9.28. The van der Waals surface area contributed by atoms with Crippen LogP contribution in [0.5, 0.6) is 5.75 Å². The van der Waals surface area contributed by atoms with Gasteiger partial charge < -0.3 is 10.1 Å². The number of hydrogen-bond acceptors (Lipinski definition) is 2. The molecule has 2 aromatic rings. The van der Waals surface area contributed by atoms with Crippen LogP contribution in [0, 0.1) is 0 Å². The Labute approximate surface area is 114 Å². The molecular weight excluding hydrogens is 234 g/mol. The van der Waals surface area contributed by atoms with Crippen molar-refractivity contribution in [2.24, 2.45) is 0 Å². The van der Waals surface area contributed by atoms with E-state index in [1.807, 2.05) is 0 Å². The molecule has 98 valence electrons. The molecule has 0 amide bonds. The van der Waals surface area contributed by atoms with Crippen LogP contribution in [0.3, 0.4) is 0 Å². The largest absolute Gasteiger partial charge is 0.488 e. The molecule has 0 unspecified atom stereocenters. The highest BCUT2D eigenvalue weighted by molar-refractivity contribution is 5.94. The van der Waals surface area contributed by atoms with Gasteiger partial charge in [-0.3, -0.25) is 0 Å². The number of hydrogen-bond donors (Lipinski definition) is 1. The molecule has 0 bridgehead atoms. The van der Waals surface area contributed by atoms with Gasteiger partial charge in [-0.05, 0) is 24.8 Å². The first-order valence-corrected chi connectivity index (χ1v) is 6.84. The van der Waals surface area contributed by atoms with Crippen molar-refractivity contribution in [3.05, 3.63) is 48.6 Å². The maximum Gasteiger partial charge on any atom is 0.150 e. The summed E-state index contributed by atoms with van der Waals surface area (Å²) in [6, 6.07) is 12.6. The number of fused-ring (bicyclic) bond motifs is 3. The fourth-order valence-electron chi connectivity index (χ4n) is 2.72. The molecule has 0 spiro atoms. The predicted octanol–water partition coefficient (Wildman–Crippen LogP) is 4.37. The number of allylic oxidation sites excluding steroid dienone is 1. The smallest absolute Gasteiger partial charge is 0.150 e. The zero-order valence-electron chi connectivity index (χ0n) is 11.4. The normalized spacial score (nSPS) is 22.0. The van der Waals surface area contributed by atoms with Crippen LogP contribution in [0.4, 0.5) is 5.69 Å². The molecule has 0 saturated carbocycles. The minimum atomic E-state index is -0.0792. The van der Waals surface area contributed by atoms with Crippen LogP contribution in [0.25, 0.3) is 10.8 Å². The van der Waals surface area contributed by atoms with E-state index in [0.29, 0.717) is 6.61 Å². The Morgan fingerprint density at radius 1 is 1.26 bits per heavy atom. The number of nitrogens with one attached hydrogen (secondary N) is 1. The van der Waals surface area contributed by atoms with Crippen LogP contribution in [0.2, 0.25) is 0 Å². The lowest BCUT2D eigenvalue weighted by Gasteiger charge is -2.37. The van der Waals surface area contributed by atoms with Gasteiger partial charge in [0.05, 0.1) is 11.2 Å². The molecule has 0 aromatic heterocycles. The zero-order valence-corrected chi connectivity index (χ0v) is 11.4. The molecule has 2 nitrogen and oxygen atoms in total. The molecule has 2 aromatic carbocycles. The van der Waals surface area contributed by atoms with Gasteiger partial charge in [0.25, 0.3) is 0 Å². The molecule has 19 heavy (non-hydrogen) atoms. The molecule has 0 aliphatic carbocycles. The monoisotopic (exact) mass is 253 g/mol. The van der Waals surface area contributed by atoms with Crippen LogP contribution < -0.4 is 10.1 Å². The topological polar surface area (TPSA) is 21.3 Å². The third kappa shape index (κ3) is 1.97. The van der Waals surface area contributed by atoms with E-state index in [-0.39, 0.29) is 5.54 Å². The van der Waals surface area contributed by atoms with Gasteiger partial charge in [-0.15, -0.1) is 0 Å². The van der Waals surface area contributed by atoms with Crippen molar-refractivity contribution in [2.75, 3.05) is 11.9 Å². The van der Waals surface area contributed by atoms with E-state index >= 15 is 0 Å². The summed E-state index contributed by atoms with van der Waals surface area (Å²) in [7, 11) is 0. The minimum absolute atomic E-state index is 0.0792. The van der Waals surface area contributed by atoms with Crippen LogP contribution in [-0.4, -0.2) is 12.1 Å². The molecule has 0 saturated heterocycles. The minimum Gasteiger partial charge on any atom is -0.488 e. The second-order valence-electron chi connectivity index (χ2n) is 5.09. The van der Waals surface area contributed by atoms with Crippen molar-refractivity contribution in [3.8, 4) is 5.75 Å². The SMILES string of the molecule is C/C=C\[C@]1(CC)COc2c(ccc3ccccc23)N1. The van der Waals surface area contributed by atoms with E-state index in [2.05, 4.69) is 67.7 Å². The van der Waals surface area contributed by atoms with Crippen molar-refractivity contribution in [2.45, 2.75) is 25.8 Å². The molecule has 1 N–H and O–H groups in total. The van der Waals surface area contributed by atoms with E-state index in [4.69, 9.17) is 4.74 Å². The summed E-state index contributed by atoms with van der Waals surface area (Å²) in [6.07, 6.45) is 5.29. The van der Waals surface area contributed by atoms with E-state index in [9.17, 15) is 0 Å². The van der Waals surface area contributed by atoms with E-state index in [1.54, 1.807) is 0 Å². The number of rotatable bonds is 2. The third-order valence-corrected chi connectivity index (χ3v) is 3.85. The molecule has 2 heteroatoms. The fourth-order valence-corrected chi connectivity index (χ4v) is 2.72. The third-order valence-electron chi connectivity index (χ3n) is 3.85. The summed E-state index contributed by atoms with van der Waals surface area (Å²) < 4.78 is 6.08. The van der Waals surface area contributed by atoms with Crippen LogP contribution in [0.1, 0.15) is 20.3 Å². The summed E-state index contributed by atoms with van der Waals surface area (Å²) >= 11 is 0. The molecule has 1 heterocycles. The van der Waals surface area contributed by atoms with Gasteiger partial charge in [-0.2, -0.15) is 0 Å². The van der Waals surface area contributed by atoms with Crippen LogP contribution in [0.15, 0.2) is 48.6 Å². The lowest BCUT2D eigenvalue weighted by atomic mass is 9.93. The summed E-state index contributed by atoms with van der Waals surface area (Å²) in [5.41, 5.74) is 1.01. The highest BCUT2D eigenvalue weighted by Gasteiger charge is 2.31. The molecule has 0 fully saturated rings. The summed E-state index contributed by atoms with van der Waals surface area (Å²) in [5, 5.41) is 6.04. The lowest BCUT2D eigenvalue weighted by molar-refractivity contribution is 0.246. The van der Waals surface area contributed by atoms with Crippen LogP contribution in [-0.2, 0) is 0 Å². The highest BCUT2D eigenvalue weighted by Crippen LogP contribution is 2.39. The van der Waals surface area contributed by atoms with E-state index in [0.717, 1.165) is 17.9 Å². The average Bonchev–Trinajstić information content (AvgIpc) is 2.47. The average molecular weight is 253 g/mol. The fraction of sp³-hybridized carbons (Fsp3) is 0.294. The Bertz CT molecular complexity index is 632. The maximum atomic E-state index is 6.08. The van der Waals surface area contributed by atoms with E-state index in [1.165, 1.54) is 10.8 Å². The number of anilines is 1. The number of ether oxygens (including phenoxy) is 1. The maximum absolute atomic E-state index is 6.08. The summed E-state index contributed by atoms with van der Waals surface area (Å²) in [5.74, 6) is 0.978. The Morgan fingerprint density at radius 3 is 2.89 bits per heavy atom. The molecule has 1 atom stereocenters. The summed E-state index contributed by atoms with van der Waals surface area (Å²) in [6.45, 7) is 4.91. The molecule has 1 aliphatic rings. The molecular formula is C17H19NO. The van der Waals surface area contributed by atoms with Gasteiger partial charge in [0.2, 0.25) is 0 Å². The van der Waals surface area contributed by atoms with Crippen LogP contribution >= 0.6 is 0 Å². The quantitative estimate of drug-likeness (QED) is 0.802. The van der Waals surface area contributed by atoms with Crippen molar-refractivity contribution in [1.82, 2.24) is 0 Å². The molecule has 1 aliphatic heterocycles. The van der Waals surface area contributed by atoms with Crippen molar-refractivity contribution >= 4 is 16.5 Å². The zero-order chi connectivity index (χ0) is 13.3. The van der Waals surface area contributed by atoms with Crippen molar-refractivity contribution in [1.29, 1.82) is 0 Å². The lowest BCUT2D eigenvalue weighted by Crippen LogP contribution is -2.44. The van der Waals surface area contributed by atoms with Crippen molar-refractivity contribution in [3.63, 3.8) is 0 Å². The first-order valence-electron chi connectivity index (χ1n) is 6.84. The van der Waals surface area contributed by atoms with E-state index < -0.39 is 0 Å². The highest BCUT2D eigenvalue weighted by atomic mass is 16.5. The molecule has 0 radical (unpaired) electrons. The Balaban J connectivity index is 2.09. The first kappa shape index (κ1) is 12.1. The Morgan fingerprint density at radius 2 is 2.11 bits per heavy atom. The number of benzene rings is 2. The standard InChI is InChI=1S/C17H19NO/c1-3-11-17(4-2)12-19-16-14-8-6-5-7-13(14)9-10-15(16)18-17/h3,5-11,18H,4,12H2,1-2H3/b11-3-/t17-/m1/s1. The summed E-state index contributed by atoms with van der Waals surface area (Å²) in [4.78, 5) is 0. The second kappa shape index (κ2) is 4.61. The predicted molar refractivity (Wildman–Crippen MR) is 80.9 cm³/mol. The van der Waals surface area contributed by atoms with Gasteiger partial charge in [-0.1, -0.05) is 49.4 Å². The van der Waals surface area contributed by atoms with Gasteiger partial charge in [0.15, 0.2) is 0 Å². The van der Waals surface area contributed by atoms with Gasteiger partial charge in [0, 0.05) is 5.39 Å². The Kier molecular flexibility index (Phi) is 2.94. The van der Waals surface area contributed by atoms with Gasteiger partial charge >= 0.3 is 0 Å². The van der Waals surface area contributed by atoms with Gasteiger partial charge in [-0.25, -0.2) is 0 Å². The second-order valence-corrected chi connectivity index (χ2v) is 5.09.